The summed E-state index contributed by atoms with van der Waals surface area (Å²) in [5, 5.41) is 3.63. The van der Waals surface area contributed by atoms with Crippen molar-refractivity contribution in [1.29, 1.82) is 0 Å². The van der Waals surface area contributed by atoms with Crippen molar-refractivity contribution < 1.29 is 0 Å². The zero-order valence-corrected chi connectivity index (χ0v) is 12.0. The van der Waals surface area contributed by atoms with Gasteiger partial charge in [-0.3, -0.25) is 0 Å². The molecule has 1 saturated heterocycles. The van der Waals surface area contributed by atoms with E-state index in [4.69, 9.17) is 0 Å². The topological polar surface area (TPSA) is 15.3 Å². The fourth-order valence-electron chi connectivity index (χ4n) is 3.55. The van der Waals surface area contributed by atoms with Crippen molar-refractivity contribution in [1.82, 2.24) is 10.2 Å². The molecule has 1 heterocycles. The molecule has 0 aromatic heterocycles. The van der Waals surface area contributed by atoms with E-state index in [9.17, 15) is 0 Å². The molecule has 0 aromatic carbocycles. The minimum atomic E-state index is 0.621. The Morgan fingerprint density at radius 1 is 1.24 bits per heavy atom. The Balaban J connectivity index is 1.88. The molecule has 2 heteroatoms. The van der Waals surface area contributed by atoms with Crippen LogP contribution < -0.4 is 5.32 Å². The molecular weight excluding hydrogens is 208 g/mol. The Hall–Kier alpha value is -0.0800. The highest BCUT2D eigenvalue weighted by atomic mass is 15.1. The molecule has 1 N–H and O–H groups in total. The molecule has 2 unspecified atom stereocenters. The molecule has 2 rings (SSSR count). The molecule has 0 bridgehead atoms. The third-order valence-corrected chi connectivity index (χ3v) is 4.68. The molecule has 2 atom stereocenters. The predicted molar refractivity (Wildman–Crippen MR) is 74.3 cm³/mol. The molecule has 1 aliphatic heterocycles. The molecule has 100 valence electrons. The molecule has 0 spiro atoms. The summed E-state index contributed by atoms with van der Waals surface area (Å²) in [6, 6.07) is 0.691. The third kappa shape index (κ3) is 3.96. The van der Waals surface area contributed by atoms with Crippen LogP contribution in [0.25, 0.3) is 0 Å². The van der Waals surface area contributed by atoms with Gasteiger partial charge in [0.2, 0.25) is 0 Å². The van der Waals surface area contributed by atoms with E-state index in [1.807, 2.05) is 0 Å². The Morgan fingerprint density at radius 2 is 1.94 bits per heavy atom. The van der Waals surface area contributed by atoms with Gasteiger partial charge in [0.1, 0.15) is 0 Å². The van der Waals surface area contributed by atoms with Gasteiger partial charge in [0.05, 0.1) is 0 Å². The fourth-order valence-corrected chi connectivity index (χ4v) is 3.55. The van der Waals surface area contributed by atoms with Gasteiger partial charge in [-0.2, -0.15) is 0 Å². The Kier molecular flexibility index (Phi) is 4.48. The Bertz CT molecular complexity index is 233. The van der Waals surface area contributed by atoms with Crippen molar-refractivity contribution >= 4 is 0 Å². The lowest BCUT2D eigenvalue weighted by Gasteiger charge is -2.36. The molecule has 2 aliphatic rings. The van der Waals surface area contributed by atoms with E-state index in [1.54, 1.807) is 0 Å². The van der Waals surface area contributed by atoms with Crippen LogP contribution in [0.1, 0.15) is 52.9 Å². The summed E-state index contributed by atoms with van der Waals surface area (Å²) in [5.74, 6) is 0.794. The van der Waals surface area contributed by atoms with Crippen LogP contribution in [0.3, 0.4) is 0 Å². The first-order valence-electron chi connectivity index (χ1n) is 7.53. The molecule has 1 aliphatic carbocycles. The monoisotopic (exact) mass is 238 g/mol. The summed E-state index contributed by atoms with van der Waals surface area (Å²) in [7, 11) is 0. The van der Waals surface area contributed by atoms with Crippen LogP contribution >= 0.6 is 0 Å². The average Bonchev–Trinajstić information content (AvgIpc) is 2.68. The first-order chi connectivity index (χ1) is 8.07. The quantitative estimate of drug-likeness (QED) is 0.796. The molecular formula is C15H30N2. The normalized spacial score (nSPS) is 35.5. The second-order valence-electron chi connectivity index (χ2n) is 6.96. The van der Waals surface area contributed by atoms with E-state index in [0.717, 1.165) is 5.92 Å². The largest absolute Gasteiger partial charge is 0.314 e. The van der Waals surface area contributed by atoms with Crippen LogP contribution in [0.4, 0.5) is 0 Å². The highest BCUT2D eigenvalue weighted by Gasteiger charge is 2.31. The second kappa shape index (κ2) is 5.71. The summed E-state index contributed by atoms with van der Waals surface area (Å²) in [5.41, 5.74) is 0.621. The molecule has 17 heavy (non-hydrogen) atoms. The summed E-state index contributed by atoms with van der Waals surface area (Å²) in [6.45, 7) is 12.3. The lowest BCUT2D eigenvalue weighted by Crippen LogP contribution is -2.45. The van der Waals surface area contributed by atoms with Crippen molar-refractivity contribution in [2.24, 2.45) is 11.3 Å². The Morgan fingerprint density at radius 3 is 2.65 bits per heavy atom. The molecule has 0 radical (unpaired) electrons. The van der Waals surface area contributed by atoms with Crippen LogP contribution in [-0.4, -0.2) is 37.1 Å². The zero-order valence-electron chi connectivity index (χ0n) is 12.0. The Labute approximate surface area is 107 Å². The fraction of sp³-hybridized carbons (Fsp3) is 1.00. The van der Waals surface area contributed by atoms with E-state index in [-0.39, 0.29) is 0 Å². The number of hydrogen-bond donors (Lipinski definition) is 1. The van der Waals surface area contributed by atoms with Gasteiger partial charge in [0, 0.05) is 19.1 Å². The number of nitrogens with zero attached hydrogens (tertiary/aromatic N) is 1. The van der Waals surface area contributed by atoms with Crippen molar-refractivity contribution in [3.8, 4) is 0 Å². The van der Waals surface area contributed by atoms with E-state index in [1.165, 1.54) is 58.3 Å². The first-order valence-corrected chi connectivity index (χ1v) is 7.53. The van der Waals surface area contributed by atoms with Gasteiger partial charge in [-0.15, -0.1) is 0 Å². The van der Waals surface area contributed by atoms with Gasteiger partial charge < -0.3 is 10.2 Å². The second-order valence-corrected chi connectivity index (χ2v) is 6.96. The van der Waals surface area contributed by atoms with Gasteiger partial charge in [-0.05, 0) is 50.6 Å². The van der Waals surface area contributed by atoms with Gasteiger partial charge in [-0.25, -0.2) is 0 Å². The van der Waals surface area contributed by atoms with Crippen LogP contribution in [0, 0.1) is 11.3 Å². The lowest BCUT2D eigenvalue weighted by molar-refractivity contribution is 0.133. The SMILES string of the molecule is CC1CNC(C)CCN(CC2(C)CCCC2)C1. The summed E-state index contributed by atoms with van der Waals surface area (Å²) in [6.07, 6.45) is 7.12. The molecule has 1 saturated carbocycles. The minimum absolute atomic E-state index is 0.621. The summed E-state index contributed by atoms with van der Waals surface area (Å²) < 4.78 is 0. The van der Waals surface area contributed by atoms with Gasteiger partial charge in [0.15, 0.2) is 0 Å². The van der Waals surface area contributed by atoms with E-state index < -0.39 is 0 Å². The van der Waals surface area contributed by atoms with Gasteiger partial charge >= 0.3 is 0 Å². The minimum Gasteiger partial charge on any atom is -0.314 e. The summed E-state index contributed by atoms with van der Waals surface area (Å²) >= 11 is 0. The molecule has 0 amide bonds. The van der Waals surface area contributed by atoms with Crippen LogP contribution in [0.2, 0.25) is 0 Å². The maximum absolute atomic E-state index is 3.63. The molecule has 2 fully saturated rings. The average molecular weight is 238 g/mol. The van der Waals surface area contributed by atoms with Crippen molar-refractivity contribution in [2.75, 3.05) is 26.2 Å². The van der Waals surface area contributed by atoms with Crippen molar-refractivity contribution in [3.05, 3.63) is 0 Å². The van der Waals surface area contributed by atoms with E-state index >= 15 is 0 Å². The smallest absolute Gasteiger partial charge is 0.00510 e. The van der Waals surface area contributed by atoms with Crippen LogP contribution in [0.15, 0.2) is 0 Å². The maximum atomic E-state index is 3.63. The molecule has 0 aromatic rings. The first kappa shape index (κ1) is 13.4. The summed E-state index contributed by atoms with van der Waals surface area (Å²) in [4.78, 5) is 2.74. The zero-order chi connectivity index (χ0) is 12.3. The van der Waals surface area contributed by atoms with E-state index in [0.29, 0.717) is 11.5 Å². The predicted octanol–water partition coefficient (Wildman–Crippen LogP) is 2.89. The highest BCUT2D eigenvalue weighted by Crippen LogP contribution is 2.38. The third-order valence-electron chi connectivity index (χ3n) is 4.68. The number of rotatable bonds is 2. The van der Waals surface area contributed by atoms with Gasteiger partial charge in [0.25, 0.3) is 0 Å². The van der Waals surface area contributed by atoms with Crippen LogP contribution in [0.5, 0.6) is 0 Å². The highest BCUT2D eigenvalue weighted by molar-refractivity contribution is 4.85. The number of nitrogens with one attached hydrogen (secondary N) is 1. The number of hydrogen-bond acceptors (Lipinski definition) is 2. The van der Waals surface area contributed by atoms with E-state index in [2.05, 4.69) is 31.0 Å². The standard InChI is InChI=1S/C15H30N2/c1-13-10-16-14(2)6-9-17(11-13)12-15(3)7-4-5-8-15/h13-14,16H,4-12H2,1-3H3. The maximum Gasteiger partial charge on any atom is 0.00510 e. The van der Waals surface area contributed by atoms with Crippen molar-refractivity contribution in [3.63, 3.8) is 0 Å². The van der Waals surface area contributed by atoms with Crippen LogP contribution in [-0.2, 0) is 0 Å². The molecule has 2 nitrogen and oxygen atoms in total. The van der Waals surface area contributed by atoms with Gasteiger partial charge in [-0.1, -0.05) is 26.7 Å². The van der Waals surface area contributed by atoms with Crippen molar-refractivity contribution in [2.45, 2.75) is 58.9 Å². The lowest BCUT2D eigenvalue weighted by atomic mass is 9.87.